The fraction of sp³-hybridized carbons (Fsp3) is 0.600. The van der Waals surface area contributed by atoms with Gasteiger partial charge in [-0.05, 0) is 36.2 Å². The number of aromatic amines is 1. The zero-order valence-electron chi connectivity index (χ0n) is 12.4. The Morgan fingerprint density at radius 2 is 2.20 bits per heavy atom. The Bertz CT molecular complexity index is 591. The molecule has 0 amide bonds. The van der Waals surface area contributed by atoms with Crippen molar-refractivity contribution >= 4 is 27.4 Å². The van der Waals surface area contributed by atoms with Gasteiger partial charge in [-0.1, -0.05) is 11.3 Å². The van der Waals surface area contributed by atoms with Crippen molar-refractivity contribution in [3.8, 4) is 0 Å². The zero-order valence-corrected chi connectivity index (χ0v) is 13.2. The first-order valence-corrected chi connectivity index (χ1v) is 8.41. The molecule has 4 nitrogen and oxygen atoms in total. The molecule has 0 saturated carbocycles. The summed E-state index contributed by atoms with van der Waals surface area (Å²) in [7, 11) is 4.40. The zero-order chi connectivity index (χ0) is 13.9. The van der Waals surface area contributed by atoms with Gasteiger partial charge >= 0.3 is 0 Å². The Kier molecular flexibility index (Phi) is 4.17. The van der Waals surface area contributed by atoms with E-state index in [-0.39, 0.29) is 0 Å². The molecule has 0 saturated heterocycles. The average molecular weight is 292 g/mol. The van der Waals surface area contributed by atoms with Gasteiger partial charge in [0.25, 0.3) is 12.1 Å². The number of hydrogen-bond donors (Lipinski definition) is 2. The molecule has 108 valence electrons. The van der Waals surface area contributed by atoms with E-state index in [1.807, 2.05) is 17.7 Å². The Balaban J connectivity index is 1.81. The highest BCUT2D eigenvalue weighted by atomic mass is 32.1. The van der Waals surface area contributed by atoms with Crippen molar-refractivity contribution in [1.82, 2.24) is 4.98 Å². The van der Waals surface area contributed by atoms with E-state index in [0.29, 0.717) is 0 Å². The van der Waals surface area contributed by atoms with E-state index < -0.39 is 0 Å². The van der Waals surface area contributed by atoms with Gasteiger partial charge in [-0.15, -0.1) is 0 Å². The minimum absolute atomic E-state index is 1.00. The molecule has 0 bridgehead atoms. The summed E-state index contributed by atoms with van der Waals surface area (Å²) >= 11 is 1.92. The lowest BCUT2D eigenvalue weighted by molar-refractivity contribution is -0.858. The van der Waals surface area contributed by atoms with Crippen LogP contribution in [0, 0.1) is 0 Å². The molecule has 0 spiro atoms. The maximum absolute atomic E-state index is 4.54. The van der Waals surface area contributed by atoms with Gasteiger partial charge in [0.2, 0.25) is 0 Å². The molecule has 0 aromatic carbocycles. The lowest BCUT2D eigenvalue weighted by Gasteiger charge is -2.11. The van der Waals surface area contributed by atoms with Crippen LogP contribution in [0.5, 0.6) is 0 Å². The topological polar surface area (TPSA) is 43.5 Å². The standard InChI is InChI=1S/C15H22N4S/c1-19(2)9-5-8-16-14-13-11-6-3-4-7-12(11)20-15(13)18-10-17-14/h10H,3-9H2,1-2H3,(H,16,17,18)/p+2. The number of anilines is 1. The van der Waals surface area contributed by atoms with Gasteiger partial charge in [0.05, 0.1) is 20.6 Å². The number of thiophene rings is 1. The Labute approximate surface area is 124 Å². The molecule has 2 aromatic heterocycles. The summed E-state index contributed by atoms with van der Waals surface area (Å²) in [6, 6.07) is 0. The molecule has 20 heavy (non-hydrogen) atoms. The van der Waals surface area contributed by atoms with Crippen LogP contribution in [0.2, 0.25) is 0 Å². The maximum atomic E-state index is 4.54. The monoisotopic (exact) mass is 292 g/mol. The third-order valence-corrected chi connectivity index (χ3v) is 5.17. The highest BCUT2D eigenvalue weighted by Gasteiger charge is 2.22. The second kappa shape index (κ2) is 6.06. The fourth-order valence-corrected chi connectivity index (χ4v) is 4.17. The van der Waals surface area contributed by atoms with E-state index in [1.165, 1.54) is 53.8 Å². The predicted molar refractivity (Wildman–Crippen MR) is 83.6 cm³/mol. The molecular formula is C15H24N4S+2. The van der Waals surface area contributed by atoms with Gasteiger partial charge in [0.1, 0.15) is 5.39 Å². The van der Waals surface area contributed by atoms with Gasteiger partial charge < -0.3 is 10.2 Å². The molecule has 1 aliphatic rings. The van der Waals surface area contributed by atoms with Gasteiger partial charge in [-0.25, -0.2) is 4.98 Å². The molecule has 0 radical (unpaired) electrons. The third kappa shape index (κ3) is 2.79. The first-order valence-electron chi connectivity index (χ1n) is 7.59. The SMILES string of the molecule is C[NH+](C)CCCNc1nc[nH+]c2sc3c(c12)CCCC3. The highest BCUT2D eigenvalue weighted by Crippen LogP contribution is 2.36. The van der Waals surface area contributed by atoms with Crippen LogP contribution < -0.4 is 15.2 Å². The minimum Gasteiger partial charge on any atom is -0.348 e. The molecule has 2 aromatic rings. The number of hydrogen-bond acceptors (Lipinski definition) is 3. The van der Waals surface area contributed by atoms with E-state index in [2.05, 4.69) is 29.4 Å². The van der Waals surface area contributed by atoms with Crippen LogP contribution >= 0.6 is 11.3 Å². The number of rotatable bonds is 5. The van der Waals surface area contributed by atoms with E-state index in [0.717, 1.165) is 12.4 Å². The molecule has 3 N–H and O–H groups in total. The summed E-state index contributed by atoms with van der Waals surface area (Å²) in [6.45, 7) is 2.19. The Morgan fingerprint density at radius 3 is 3.05 bits per heavy atom. The molecule has 0 atom stereocenters. The second-order valence-corrected chi connectivity index (χ2v) is 7.01. The van der Waals surface area contributed by atoms with Crippen molar-refractivity contribution in [2.45, 2.75) is 32.1 Å². The fourth-order valence-electron chi connectivity index (χ4n) is 2.92. The van der Waals surface area contributed by atoms with Crippen LogP contribution in [0.25, 0.3) is 10.2 Å². The smallest absolute Gasteiger partial charge is 0.287 e. The van der Waals surface area contributed by atoms with Crippen molar-refractivity contribution in [2.75, 3.05) is 32.5 Å². The lowest BCUT2D eigenvalue weighted by atomic mass is 9.97. The number of nitrogens with zero attached hydrogens (tertiary/aromatic N) is 1. The number of quaternary nitrogens is 1. The molecule has 2 heterocycles. The molecule has 0 aliphatic heterocycles. The third-order valence-electron chi connectivity index (χ3n) is 3.94. The summed E-state index contributed by atoms with van der Waals surface area (Å²) in [4.78, 5) is 12.2. The Hall–Kier alpha value is -1.20. The van der Waals surface area contributed by atoms with E-state index >= 15 is 0 Å². The van der Waals surface area contributed by atoms with E-state index in [9.17, 15) is 0 Å². The molecule has 0 unspecified atom stereocenters. The van der Waals surface area contributed by atoms with Crippen LogP contribution in [-0.4, -0.2) is 32.2 Å². The van der Waals surface area contributed by atoms with Crippen molar-refractivity contribution in [2.24, 2.45) is 0 Å². The first kappa shape index (κ1) is 13.8. The quantitative estimate of drug-likeness (QED) is 0.806. The van der Waals surface area contributed by atoms with Crippen LogP contribution in [0.4, 0.5) is 5.82 Å². The maximum Gasteiger partial charge on any atom is 0.287 e. The molecular weight excluding hydrogens is 268 g/mol. The highest BCUT2D eigenvalue weighted by molar-refractivity contribution is 7.18. The average Bonchev–Trinajstić information content (AvgIpc) is 2.82. The van der Waals surface area contributed by atoms with Crippen molar-refractivity contribution in [3.05, 3.63) is 16.8 Å². The Morgan fingerprint density at radius 1 is 1.35 bits per heavy atom. The lowest BCUT2D eigenvalue weighted by Crippen LogP contribution is -3.05. The van der Waals surface area contributed by atoms with Gasteiger partial charge in [0.15, 0.2) is 4.83 Å². The van der Waals surface area contributed by atoms with Crippen LogP contribution in [0.15, 0.2) is 6.33 Å². The van der Waals surface area contributed by atoms with Gasteiger partial charge in [-0.3, -0.25) is 0 Å². The summed E-state index contributed by atoms with van der Waals surface area (Å²) < 4.78 is 0. The van der Waals surface area contributed by atoms with Crippen LogP contribution in [0.3, 0.4) is 0 Å². The summed E-state index contributed by atoms with van der Waals surface area (Å²) in [5, 5.41) is 4.89. The number of H-pyrrole nitrogens is 1. The van der Waals surface area contributed by atoms with Crippen molar-refractivity contribution in [1.29, 1.82) is 0 Å². The van der Waals surface area contributed by atoms with Gasteiger partial charge in [-0.2, -0.15) is 0 Å². The molecule has 3 rings (SSSR count). The van der Waals surface area contributed by atoms with Crippen LogP contribution in [0.1, 0.15) is 29.7 Å². The van der Waals surface area contributed by atoms with E-state index in [1.54, 1.807) is 10.4 Å². The summed E-state index contributed by atoms with van der Waals surface area (Å²) in [5.41, 5.74) is 1.54. The number of fused-ring (bicyclic) bond motifs is 3. The summed E-state index contributed by atoms with van der Waals surface area (Å²) in [5.74, 6) is 1.08. The van der Waals surface area contributed by atoms with Gasteiger partial charge in [0, 0.05) is 17.8 Å². The predicted octanol–water partition coefficient (Wildman–Crippen LogP) is 0.936. The van der Waals surface area contributed by atoms with E-state index in [4.69, 9.17) is 0 Å². The number of aromatic nitrogens is 2. The number of aryl methyl sites for hydroxylation is 2. The minimum atomic E-state index is 1.00. The normalized spacial score (nSPS) is 14.8. The molecule has 0 fully saturated rings. The van der Waals surface area contributed by atoms with Crippen LogP contribution in [-0.2, 0) is 12.8 Å². The first-order chi connectivity index (χ1) is 9.75. The molecule has 1 aliphatic carbocycles. The second-order valence-electron chi connectivity index (χ2n) is 5.90. The largest absolute Gasteiger partial charge is 0.348 e. The van der Waals surface area contributed by atoms with Crippen molar-refractivity contribution in [3.63, 3.8) is 0 Å². The number of nitrogens with one attached hydrogen (secondary N) is 3. The molecule has 5 heteroatoms. The van der Waals surface area contributed by atoms with Crippen molar-refractivity contribution < 1.29 is 9.88 Å². The summed E-state index contributed by atoms with van der Waals surface area (Å²) in [6.07, 6.45) is 8.11.